The van der Waals surface area contributed by atoms with Crippen LogP contribution in [-0.2, 0) is 9.53 Å². The predicted octanol–water partition coefficient (Wildman–Crippen LogP) is 4.71. The van der Waals surface area contributed by atoms with Gasteiger partial charge in [0.25, 0.3) is 0 Å². The number of rotatable bonds is 4. The first-order chi connectivity index (χ1) is 10.1. The molecule has 2 aromatic rings. The highest BCUT2D eigenvalue weighted by Gasteiger charge is 2.17. The summed E-state index contributed by atoms with van der Waals surface area (Å²) >= 11 is 3.41. The van der Waals surface area contributed by atoms with Gasteiger partial charge in [-0.1, -0.05) is 60.2 Å². The van der Waals surface area contributed by atoms with Crippen LogP contribution in [0.4, 0.5) is 0 Å². The van der Waals surface area contributed by atoms with E-state index in [2.05, 4.69) is 15.9 Å². The summed E-state index contributed by atoms with van der Waals surface area (Å²) in [5.41, 5.74) is 3.97. The minimum Gasteiger partial charge on any atom is -0.462 e. The maximum atomic E-state index is 12.1. The Balaban J connectivity index is 2.57. The molecule has 0 unspecified atom stereocenters. The first kappa shape index (κ1) is 15.5. The normalized spacial score (nSPS) is 11.8. The number of carbonyl (C=O) groups excluding carboxylic acids is 1. The Morgan fingerprint density at radius 1 is 1.00 bits per heavy atom. The minimum absolute atomic E-state index is 0.350. The van der Waals surface area contributed by atoms with Crippen molar-refractivity contribution in [1.29, 1.82) is 0 Å². The highest BCUT2D eigenvalue weighted by atomic mass is 79.9. The molecule has 108 valence electrons. The standard InChI is InChI=1S/C18H17BrO2/c1-3-21-18(20)17(19)16(14-7-5-4-6-8-14)15-11-9-13(2)10-12-15/h4-12H,3H2,1-2H3. The maximum absolute atomic E-state index is 12.1. The number of benzene rings is 2. The molecule has 0 atom stereocenters. The summed E-state index contributed by atoms with van der Waals surface area (Å²) in [6.07, 6.45) is 0. The fourth-order valence-electron chi connectivity index (χ4n) is 2.04. The van der Waals surface area contributed by atoms with Gasteiger partial charge in [0, 0.05) is 5.57 Å². The van der Waals surface area contributed by atoms with Gasteiger partial charge >= 0.3 is 5.97 Å². The van der Waals surface area contributed by atoms with Gasteiger partial charge in [0.05, 0.1) is 6.61 Å². The second-order valence-corrected chi connectivity index (χ2v) is 5.43. The second kappa shape index (κ2) is 7.23. The van der Waals surface area contributed by atoms with Crippen LogP contribution in [0.2, 0.25) is 0 Å². The van der Waals surface area contributed by atoms with Gasteiger partial charge in [-0.05, 0) is 40.9 Å². The molecule has 0 saturated heterocycles. The molecule has 0 aliphatic rings. The van der Waals surface area contributed by atoms with Gasteiger partial charge in [-0.3, -0.25) is 0 Å². The van der Waals surface area contributed by atoms with E-state index in [0.717, 1.165) is 16.7 Å². The third-order valence-corrected chi connectivity index (χ3v) is 3.80. The number of hydrogen-bond donors (Lipinski definition) is 0. The number of carbonyl (C=O) groups is 1. The molecule has 0 N–H and O–H groups in total. The third-order valence-electron chi connectivity index (χ3n) is 3.08. The summed E-state index contributed by atoms with van der Waals surface area (Å²) in [5, 5.41) is 0. The zero-order valence-corrected chi connectivity index (χ0v) is 13.7. The Morgan fingerprint density at radius 2 is 1.57 bits per heavy atom. The van der Waals surface area contributed by atoms with Crippen molar-refractivity contribution in [3.63, 3.8) is 0 Å². The Morgan fingerprint density at radius 3 is 2.14 bits per heavy atom. The van der Waals surface area contributed by atoms with Gasteiger partial charge < -0.3 is 4.74 Å². The van der Waals surface area contributed by atoms with E-state index in [4.69, 9.17) is 4.74 Å². The number of ether oxygens (including phenoxy) is 1. The highest BCUT2D eigenvalue weighted by molar-refractivity contribution is 9.12. The van der Waals surface area contributed by atoms with Crippen molar-refractivity contribution in [3.8, 4) is 0 Å². The van der Waals surface area contributed by atoms with Gasteiger partial charge in [0.1, 0.15) is 4.48 Å². The van der Waals surface area contributed by atoms with Crippen molar-refractivity contribution in [1.82, 2.24) is 0 Å². The molecule has 3 heteroatoms. The first-order valence-corrected chi connectivity index (χ1v) is 7.62. The molecule has 0 aliphatic carbocycles. The number of esters is 1. The van der Waals surface area contributed by atoms with Crippen molar-refractivity contribution in [2.75, 3.05) is 6.61 Å². The largest absolute Gasteiger partial charge is 0.462 e. The molecule has 0 amide bonds. The van der Waals surface area contributed by atoms with Crippen LogP contribution in [0.15, 0.2) is 59.1 Å². The third kappa shape index (κ3) is 3.82. The lowest BCUT2D eigenvalue weighted by Gasteiger charge is -2.12. The molecule has 2 nitrogen and oxygen atoms in total. The zero-order valence-electron chi connectivity index (χ0n) is 12.1. The SMILES string of the molecule is CCOC(=O)C(Br)=C(c1ccccc1)c1ccc(C)cc1. The molecular weight excluding hydrogens is 328 g/mol. The number of aryl methyl sites for hydroxylation is 1. The van der Waals surface area contributed by atoms with Gasteiger partial charge in [-0.2, -0.15) is 0 Å². The van der Waals surface area contributed by atoms with E-state index in [1.807, 2.05) is 61.5 Å². The van der Waals surface area contributed by atoms with Crippen molar-refractivity contribution >= 4 is 27.5 Å². The van der Waals surface area contributed by atoms with Crippen LogP contribution in [-0.4, -0.2) is 12.6 Å². The minimum atomic E-state index is -0.350. The van der Waals surface area contributed by atoms with E-state index in [9.17, 15) is 4.79 Å². The molecule has 0 saturated carbocycles. The molecule has 2 aromatic carbocycles. The Hall–Kier alpha value is -1.87. The van der Waals surface area contributed by atoms with Crippen LogP contribution >= 0.6 is 15.9 Å². The number of hydrogen-bond acceptors (Lipinski definition) is 2. The van der Waals surface area contributed by atoms with E-state index >= 15 is 0 Å². The van der Waals surface area contributed by atoms with Crippen molar-refractivity contribution in [2.24, 2.45) is 0 Å². The Kier molecular flexibility index (Phi) is 5.34. The van der Waals surface area contributed by atoms with Crippen molar-refractivity contribution in [3.05, 3.63) is 75.8 Å². The monoisotopic (exact) mass is 344 g/mol. The van der Waals surface area contributed by atoms with Crippen LogP contribution in [0.5, 0.6) is 0 Å². The fourth-order valence-corrected chi connectivity index (χ4v) is 2.61. The lowest BCUT2D eigenvalue weighted by atomic mass is 9.97. The van der Waals surface area contributed by atoms with Crippen LogP contribution in [0.25, 0.3) is 5.57 Å². The summed E-state index contributed by atoms with van der Waals surface area (Å²) in [5.74, 6) is -0.350. The molecule has 0 aliphatic heterocycles. The van der Waals surface area contributed by atoms with Crippen LogP contribution in [0, 0.1) is 6.92 Å². The van der Waals surface area contributed by atoms with E-state index in [-0.39, 0.29) is 5.97 Å². The quantitative estimate of drug-likeness (QED) is 0.592. The Labute approximate surface area is 133 Å². The molecule has 21 heavy (non-hydrogen) atoms. The molecule has 2 rings (SSSR count). The van der Waals surface area contributed by atoms with Crippen LogP contribution < -0.4 is 0 Å². The average Bonchev–Trinajstić information content (AvgIpc) is 2.50. The van der Waals surface area contributed by atoms with Gasteiger partial charge in [-0.15, -0.1) is 0 Å². The van der Waals surface area contributed by atoms with Crippen molar-refractivity contribution in [2.45, 2.75) is 13.8 Å². The lowest BCUT2D eigenvalue weighted by Crippen LogP contribution is -2.06. The van der Waals surface area contributed by atoms with E-state index in [1.54, 1.807) is 6.92 Å². The topological polar surface area (TPSA) is 26.3 Å². The molecule has 0 radical (unpaired) electrons. The number of halogens is 1. The molecule has 0 spiro atoms. The summed E-state index contributed by atoms with van der Waals surface area (Å²) < 4.78 is 5.55. The van der Waals surface area contributed by atoms with Gasteiger partial charge in [0.2, 0.25) is 0 Å². The highest BCUT2D eigenvalue weighted by Crippen LogP contribution is 2.30. The average molecular weight is 345 g/mol. The zero-order chi connectivity index (χ0) is 15.2. The summed E-state index contributed by atoms with van der Waals surface area (Å²) in [6.45, 7) is 4.19. The van der Waals surface area contributed by atoms with E-state index in [1.165, 1.54) is 5.56 Å². The Bertz CT molecular complexity index is 643. The van der Waals surface area contributed by atoms with Crippen molar-refractivity contribution < 1.29 is 9.53 Å². The maximum Gasteiger partial charge on any atom is 0.345 e. The second-order valence-electron chi connectivity index (χ2n) is 4.64. The summed E-state index contributed by atoms with van der Waals surface area (Å²) in [6, 6.07) is 17.9. The van der Waals surface area contributed by atoms with Gasteiger partial charge in [0.15, 0.2) is 0 Å². The first-order valence-electron chi connectivity index (χ1n) is 6.83. The molecule has 0 bridgehead atoms. The molecule has 0 heterocycles. The molecular formula is C18H17BrO2. The van der Waals surface area contributed by atoms with Gasteiger partial charge in [-0.25, -0.2) is 4.79 Å². The molecule has 0 fully saturated rings. The smallest absolute Gasteiger partial charge is 0.345 e. The fraction of sp³-hybridized carbons (Fsp3) is 0.167. The lowest BCUT2D eigenvalue weighted by molar-refractivity contribution is -0.137. The predicted molar refractivity (Wildman–Crippen MR) is 89.2 cm³/mol. The summed E-state index contributed by atoms with van der Waals surface area (Å²) in [7, 11) is 0. The van der Waals surface area contributed by atoms with Crippen LogP contribution in [0.1, 0.15) is 23.6 Å². The van der Waals surface area contributed by atoms with Crippen LogP contribution in [0.3, 0.4) is 0 Å². The summed E-state index contributed by atoms with van der Waals surface area (Å²) in [4.78, 5) is 12.1. The molecule has 0 aromatic heterocycles. The van der Waals surface area contributed by atoms with E-state index < -0.39 is 0 Å². The van der Waals surface area contributed by atoms with E-state index in [0.29, 0.717) is 11.1 Å².